The number of aromatic nitrogens is 2. The summed E-state index contributed by atoms with van der Waals surface area (Å²) in [7, 11) is 1.96. The first-order valence-electron chi connectivity index (χ1n) is 6.15. The maximum Gasteiger partial charge on any atom is 0.0886 e. The molecule has 96 valence electrons. The molecule has 2 aromatic rings. The number of aryl methyl sites for hydroxylation is 1. The fraction of sp³-hybridized carbons (Fsp3) is 0.357. The number of nitrogens with one attached hydrogen (secondary N) is 1. The first kappa shape index (κ1) is 12.8. The fourth-order valence-corrected chi connectivity index (χ4v) is 2.19. The summed E-state index contributed by atoms with van der Waals surface area (Å²) in [6.45, 7) is 5.96. The zero-order valence-corrected chi connectivity index (χ0v) is 11.0. The molecule has 18 heavy (non-hydrogen) atoms. The predicted molar refractivity (Wildman–Crippen MR) is 74.8 cm³/mol. The molecule has 0 aliphatic heterocycles. The van der Waals surface area contributed by atoms with Gasteiger partial charge in [-0.15, -0.1) is 6.58 Å². The SMILES string of the molecule is C=C(C)CCC(NN)c1nn(C)c2ccccc12. The number of hydrazine groups is 1. The van der Waals surface area contributed by atoms with E-state index in [1.807, 2.05) is 30.8 Å². The first-order chi connectivity index (χ1) is 8.63. The van der Waals surface area contributed by atoms with E-state index in [9.17, 15) is 0 Å². The maximum atomic E-state index is 5.66. The van der Waals surface area contributed by atoms with Gasteiger partial charge < -0.3 is 0 Å². The van der Waals surface area contributed by atoms with Gasteiger partial charge in [-0.2, -0.15) is 5.10 Å². The molecule has 0 saturated carbocycles. The standard InChI is InChI=1S/C14H20N4/c1-10(2)8-9-12(16-15)14-11-6-4-5-7-13(11)18(3)17-14/h4-7,12,16H,1,8-9,15H2,2-3H3. The van der Waals surface area contributed by atoms with Gasteiger partial charge in [-0.25, -0.2) is 0 Å². The van der Waals surface area contributed by atoms with Crippen LogP contribution in [0.4, 0.5) is 0 Å². The third-order valence-electron chi connectivity index (χ3n) is 3.18. The molecule has 1 unspecified atom stereocenters. The molecule has 3 N–H and O–H groups in total. The third-order valence-corrected chi connectivity index (χ3v) is 3.18. The average Bonchev–Trinajstić information content (AvgIpc) is 2.68. The molecule has 0 saturated heterocycles. The predicted octanol–water partition coefficient (Wildman–Crippen LogP) is 2.43. The van der Waals surface area contributed by atoms with Crippen LogP contribution in [0.5, 0.6) is 0 Å². The van der Waals surface area contributed by atoms with Crippen molar-refractivity contribution >= 4 is 10.9 Å². The lowest BCUT2D eigenvalue weighted by atomic mass is 10.0. The van der Waals surface area contributed by atoms with Crippen molar-refractivity contribution in [3.05, 3.63) is 42.1 Å². The Morgan fingerprint density at radius 3 is 2.89 bits per heavy atom. The van der Waals surface area contributed by atoms with Gasteiger partial charge in [-0.1, -0.05) is 23.8 Å². The van der Waals surface area contributed by atoms with E-state index in [2.05, 4.69) is 29.2 Å². The third kappa shape index (κ3) is 2.44. The van der Waals surface area contributed by atoms with Gasteiger partial charge in [0.15, 0.2) is 0 Å². The molecular formula is C14H20N4. The maximum absolute atomic E-state index is 5.66. The van der Waals surface area contributed by atoms with Crippen LogP contribution in [0.2, 0.25) is 0 Å². The monoisotopic (exact) mass is 244 g/mol. The molecule has 1 atom stereocenters. The Balaban J connectivity index is 2.36. The molecule has 0 aliphatic carbocycles. The first-order valence-corrected chi connectivity index (χ1v) is 6.15. The zero-order chi connectivity index (χ0) is 13.1. The number of nitrogens with two attached hydrogens (primary N) is 1. The Morgan fingerprint density at radius 1 is 1.50 bits per heavy atom. The highest BCUT2D eigenvalue weighted by molar-refractivity contribution is 5.82. The second-order valence-corrected chi connectivity index (χ2v) is 4.74. The summed E-state index contributed by atoms with van der Waals surface area (Å²) in [6, 6.07) is 8.26. The Bertz CT molecular complexity index is 556. The normalized spacial score (nSPS) is 12.8. The molecule has 0 fully saturated rings. The van der Waals surface area contributed by atoms with Crippen LogP contribution in [-0.2, 0) is 7.05 Å². The molecule has 1 heterocycles. The lowest BCUT2D eigenvalue weighted by Crippen LogP contribution is -2.28. The summed E-state index contributed by atoms with van der Waals surface area (Å²) in [5.74, 6) is 5.66. The van der Waals surface area contributed by atoms with Crippen molar-refractivity contribution in [2.45, 2.75) is 25.8 Å². The molecule has 1 aromatic carbocycles. The van der Waals surface area contributed by atoms with Crippen LogP contribution in [0.25, 0.3) is 10.9 Å². The largest absolute Gasteiger partial charge is 0.271 e. The van der Waals surface area contributed by atoms with Crippen LogP contribution in [0.3, 0.4) is 0 Å². The van der Waals surface area contributed by atoms with E-state index in [1.165, 1.54) is 0 Å². The Morgan fingerprint density at radius 2 is 2.22 bits per heavy atom. The van der Waals surface area contributed by atoms with Crippen LogP contribution in [0.1, 0.15) is 31.5 Å². The smallest absolute Gasteiger partial charge is 0.0886 e. The van der Waals surface area contributed by atoms with Crippen LogP contribution in [0.15, 0.2) is 36.4 Å². The fourth-order valence-electron chi connectivity index (χ4n) is 2.19. The van der Waals surface area contributed by atoms with Crippen LogP contribution < -0.4 is 11.3 Å². The number of hydrogen-bond acceptors (Lipinski definition) is 3. The summed E-state index contributed by atoms with van der Waals surface area (Å²) in [4.78, 5) is 0. The molecule has 0 aliphatic rings. The minimum atomic E-state index is 0.0628. The van der Waals surface area contributed by atoms with Crippen molar-refractivity contribution in [2.24, 2.45) is 12.9 Å². The van der Waals surface area contributed by atoms with E-state index in [-0.39, 0.29) is 6.04 Å². The van der Waals surface area contributed by atoms with Crippen LogP contribution in [-0.4, -0.2) is 9.78 Å². The summed E-state index contributed by atoms with van der Waals surface area (Å²) in [5.41, 5.74) is 6.16. The number of rotatable bonds is 5. The number of allylic oxidation sites excluding steroid dienone is 1. The summed E-state index contributed by atoms with van der Waals surface area (Å²) in [6.07, 6.45) is 1.85. The van der Waals surface area contributed by atoms with Gasteiger partial charge in [0, 0.05) is 12.4 Å². The van der Waals surface area contributed by atoms with Crippen molar-refractivity contribution < 1.29 is 0 Å². The van der Waals surface area contributed by atoms with Gasteiger partial charge in [0.05, 0.1) is 17.3 Å². The highest BCUT2D eigenvalue weighted by Gasteiger charge is 2.17. The minimum absolute atomic E-state index is 0.0628. The topological polar surface area (TPSA) is 55.9 Å². The van der Waals surface area contributed by atoms with Gasteiger partial charge in [0.25, 0.3) is 0 Å². The quantitative estimate of drug-likeness (QED) is 0.482. The molecule has 1 aromatic heterocycles. The molecule has 0 radical (unpaired) electrons. The molecule has 0 spiro atoms. The molecule has 4 heteroatoms. The van der Waals surface area contributed by atoms with Gasteiger partial charge in [0.2, 0.25) is 0 Å². The molecular weight excluding hydrogens is 224 g/mol. The van der Waals surface area contributed by atoms with Crippen molar-refractivity contribution in [3.63, 3.8) is 0 Å². The molecule has 0 bridgehead atoms. The van der Waals surface area contributed by atoms with E-state index >= 15 is 0 Å². The van der Waals surface area contributed by atoms with Gasteiger partial charge in [-0.05, 0) is 25.8 Å². The molecule has 4 nitrogen and oxygen atoms in total. The van der Waals surface area contributed by atoms with E-state index < -0.39 is 0 Å². The van der Waals surface area contributed by atoms with Crippen LogP contribution >= 0.6 is 0 Å². The van der Waals surface area contributed by atoms with Gasteiger partial charge in [0.1, 0.15) is 0 Å². The van der Waals surface area contributed by atoms with Crippen molar-refractivity contribution in [3.8, 4) is 0 Å². The Kier molecular flexibility index (Phi) is 3.79. The highest BCUT2D eigenvalue weighted by atomic mass is 15.3. The summed E-state index contributed by atoms with van der Waals surface area (Å²) in [5, 5.41) is 5.74. The van der Waals surface area contributed by atoms with E-state index in [1.54, 1.807) is 0 Å². The zero-order valence-electron chi connectivity index (χ0n) is 11.0. The van der Waals surface area contributed by atoms with E-state index in [4.69, 9.17) is 5.84 Å². The Hall–Kier alpha value is -1.65. The second-order valence-electron chi connectivity index (χ2n) is 4.74. The van der Waals surface area contributed by atoms with Gasteiger partial charge >= 0.3 is 0 Å². The van der Waals surface area contributed by atoms with E-state index in [0.717, 1.165) is 35.0 Å². The number of hydrogen-bond donors (Lipinski definition) is 2. The van der Waals surface area contributed by atoms with Crippen molar-refractivity contribution in [1.82, 2.24) is 15.2 Å². The lowest BCUT2D eigenvalue weighted by molar-refractivity contribution is 0.500. The van der Waals surface area contributed by atoms with Gasteiger partial charge in [-0.3, -0.25) is 16.0 Å². The summed E-state index contributed by atoms with van der Waals surface area (Å²) >= 11 is 0. The number of nitrogens with zero attached hydrogens (tertiary/aromatic N) is 2. The molecule has 2 rings (SSSR count). The van der Waals surface area contributed by atoms with Crippen molar-refractivity contribution in [1.29, 1.82) is 0 Å². The number of benzene rings is 1. The molecule has 0 amide bonds. The van der Waals surface area contributed by atoms with Crippen molar-refractivity contribution in [2.75, 3.05) is 0 Å². The Labute approximate surface area is 107 Å². The highest BCUT2D eigenvalue weighted by Crippen LogP contribution is 2.26. The summed E-state index contributed by atoms with van der Waals surface area (Å²) < 4.78 is 1.90. The minimum Gasteiger partial charge on any atom is -0.271 e. The van der Waals surface area contributed by atoms with E-state index in [0.29, 0.717) is 0 Å². The number of para-hydroxylation sites is 1. The lowest BCUT2D eigenvalue weighted by Gasteiger charge is -2.13. The second kappa shape index (κ2) is 5.33. The number of fused-ring (bicyclic) bond motifs is 1. The average molecular weight is 244 g/mol. The van der Waals surface area contributed by atoms with Crippen LogP contribution in [0, 0.1) is 0 Å².